The van der Waals surface area contributed by atoms with Crippen molar-refractivity contribution in [3.63, 3.8) is 0 Å². The minimum atomic E-state index is -3.26. The summed E-state index contributed by atoms with van der Waals surface area (Å²) in [6.07, 6.45) is 3.52. The summed E-state index contributed by atoms with van der Waals surface area (Å²) < 4.78 is 24.7. The van der Waals surface area contributed by atoms with E-state index in [1.165, 1.54) is 10.2 Å². The van der Waals surface area contributed by atoms with Crippen molar-refractivity contribution in [3.8, 4) is 0 Å². The van der Waals surface area contributed by atoms with E-state index in [0.717, 1.165) is 35.4 Å². The Morgan fingerprint density at radius 2 is 2.15 bits per heavy atom. The number of fused-ring (bicyclic) bond motifs is 1. The monoisotopic (exact) mass is 313 g/mol. The maximum atomic E-state index is 11.7. The maximum Gasteiger partial charge on any atom is 0.236 e. The van der Waals surface area contributed by atoms with Crippen LogP contribution in [0.4, 0.5) is 0 Å². The lowest BCUT2D eigenvalue weighted by atomic mass is 10.1. The number of rotatable bonds is 3. The van der Waals surface area contributed by atoms with Crippen LogP contribution in [0.2, 0.25) is 0 Å². The topological polar surface area (TPSA) is 63.5 Å². The SMILES string of the molecule is CS(=O)(=O)n1ccc2ccc(CC3=NCCN3)cc21.Cl. The predicted octanol–water partition coefficient (Wildman–Crippen LogP) is 1.41. The molecule has 0 radical (unpaired) electrons. The number of amidine groups is 1. The van der Waals surface area contributed by atoms with Gasteiger partial charge in [0, 0.05) is 24.5 Å². The maximum absolute atomic E-state index is 11.7. The summed E-state index contributed by atoms with van der Waals surface area (Å²) in [5.74, 6) is 0.969. The molecule has 5 nitrogen and oxygen atoms in total. The van der Waals surface area contributed by atoms with Gasteiger partial charge < -0.3 is 5.32 Å². The van der Waals surface area contributed by atoms with Gasteiger partial charge in [0.05, 0.1) is 18.3 Å². The highest BCUT2D eigenvalue weighted by atomic mass is 35.5. The molecule has 20 heavy (non-hydrogen) atoms. The number of aromatic nitrogens is 1. The lowest BCUT2D eigenvalue weighted by Gasteiger charge is -2.05. The first-order chi connectivity index (χ1) is 9.04. The summed E-state index contributed by atoms with van der Waals surface area (Å²) in [6.45, 7) is 1.70. The van der Waals surface area contributed by atoms with Crippen molar-refractivity contribution in [1.82, 2.24) is 9.29 Å². The number of hydrogen-bond donors (Lipinski definition) is 1. The Bertz CT molecular complexity index is 765. The largest absolute Gasteiger partial charge is 0.372 e. The first-order valence-corrected chi connectivity index (χ1v) is 7.96. The Morgan fingerprint density at radius 3 is 2.80 bits per heavy atom. The van der Waals surface area contributed by atoms with Crippen LogP contribution in [0.1, 0.15) is 5.56 Å². The molecule has 0 unspecified atom stereocenters. The van der Waals surface area contributed by atoms with Crippen LogP contribution in [0.3, 0.4) is 0 Å². The van der Waals surface area contributed by atoms with Crippen LogP contribution in [0.25, 0.3) is 10.9 Å². The standard InChI is InChI=1S/C13H15N3O2S.ClH/c1-19(17,18)16-7-4-11-3-2-10(8-12(11)16)9-13-14-5-6-15-13;/h2-4,7-8H,5-6,9H2,1H3,(H,14,15);1H. The smallest absolute Gasteiger partial charge is 0.236 e. The van der Waals surface area contributed by atoms with Crippen LogP contribution in [0.5, 0.6) is 0 Å². The van der Waals surface area contributed by atoms with Crippen molar-refractivity contribution in [2.24, 2.45) is 4.99 Å². The third kappa shape index (κ3) is 2.81. The first-order valence-electron chi connectivity index (χ1n) is 6.12. The Labute approximate surface area is 124 Å². The van der Waals surface area contributed by atoms with Crippen molar-refractivity contribution < 1.29 is 8.42 Å². The van der Waals surface area contributed by atoms with Gasteiger partial charge in [-0.1, -0.05) is 12.1 Å². The van der Waals surface area contributed by atoms with Crippen LogP contribution < -0.4 is 5.32 Å². The van der Waals surface area contributed by atoms with Crippen molar-refractivity contribution in [3.05, 3.63) is 36.0 Å². The fourth-order valence-electron chi connectivity index (χ4n) is 2.31. The quantitative estimate of drug-likeness (QED) is 0.932. The first kappa shape index (κ1) is 14.9. The van der Waals surface area contributed by atoms with Crippen LogP contribution in [-0.2, 0) is 16.4 Å². The molecule has 1 aliphatic rings. The minimum absolute atomic E-state index is 0. The van der Waals surface area contributed by atoms with E-state index >= 15 is 0 Å². The molecular weight excluding hydrogens is 298 g/mol. The molecule has 0 spiro atoms. The molecule has 1 aromatic heterocycles. The Hall–Kier alpha value is -1.53. The average molecular weight is 314 g/mol. The van der Waals surface area contributed by atoms with E-state index in [9.17, 15) is 8.42 Å². The van der Waals surface area contributed by atoms with Gasteiger partial charge in [-0.2, -0.15) is 0 Å². The zero-order valence-corrected chi connectivity index (χ0v) is 12.7. The molecular formula is C13H16ClN3O2S. The van der Waals surface area contributed by atoms with Gasteiger partial charge in [-0.3, -0.25) is 4.99 Å². The molecule has 0 aliphatic carbocycles. The molecule has 1 aromatic carbocycles. The van der Waals surface area contributed by atoms with Gasteiger partial charge in [0.25, 0.3) is 0 Å². The van der Waals surface area contributed by atoms with Gasteiger partial charge in [0.2, 0.25) is 10.0 Å². The van der Waals surface area contributed by atoms with Crippen molar-refractivity contribution in [1.29, 1.82) is 0 Å². The van der Waals surface area contributed by atoms with E-state index in [0.29, 0.717) is 6.42 Å². The second-order valence-electron chi connectivity index (χ2n) is 4.70. The van der Waals surface area contributed by atoms with Crippen molar-refractivity contribution >= 4 is 39.2 Å². The third-order valence-corrected chi connectivity index (χ3v) is 4.23. The molecule has 0 bridgehead atoms. The number of benzene rings is 1. The molecule has 1 N–H and O–H groups in total. The molecule has 2 heterocycles. The summed E-state index contributed by atoms with van der Waals surface area (Å²) in [5, 5.41) is 4.14. The average Bonchev–Trinajstić information content (AvgIpc) is 2.95. The zero-order valence-electron chi connectivity index (χ0n) is 11.0. The van der Waals surface area contributed by atoms with Crippen LogP contribution in [-0.4, -0.2) is 37.6 Å². The Kier molecular flexibility index (Phi) is 4.06. The van der Waals surface area contributed by atoms with E-state index in [2.05, 4.69) is 10.3 Å². The highest BCUT2D eigenvalue weighted by Crippen LogP contribution is 2.19. The molecule has 7 heteroatoms. The van der Waals surface area contributed by atoms with Gasteiger partial charge in [0.15, 0.2) is 0 Å². The minimum Gasteiger partial charge on any atom is -0.372 e. The fraction of sp³-hybridized carbons (Fsp3) is 0.308. The van der Waals surface area contributed by atoms with Gasteiger partial charge in [-0.05, 0) is 17.7 Å². The zero-order chi connectivity index (χ0) is 13.5. The summed E-state index contributed by atoms with van der Waals surface area (Å²) in [4.78, 5) is 4.35. The third-order valence-electron chi connectivity index (χ3n) is 3.19. The molecule has 0 saturated heterocycles. The number of nitrogens with one attached hydrogen (secondary N) is 1. The predicted molar refractivity (Wildman–Crippen MR) is 83.4 cm³/mol. The van der Waals surface area contributed by atoms with E-state index < -0.39 is 10.0 Å². The van der Waals surface area contributed by atoms with Crippen LogP contribution in [0, 0.1) is 0 Å². The van der Waals surface area contributed by atoms with E-state index in [4.69, 9.17) is 0 Å². The molecule has 108 valence electrons. The summed E-state index contributed by atoms with van der Waals surface area (Å²) in [5.41, 5.74) is 1.78. The molecule has 2 aromatic rings. The van der Waals surface area contributed by atoms with E-state index in [-0.39, 0.29) is 12.4 Å². The molecule has 0 saturated carbocycles. The van der Waals surface area contributed by atoms with Gasteiger partial charge >= 0.3 is 0 Å². The molecule has 0 fully saturated rings. The molecule has 1 aliphatic heterocycles. The number of aliphatic imine (C=N–C) groups is 1. The molecule has 3 rings (SSSR count). The normalized spacial score (nSPS) is 14.8. The summed E-state index contributed by atoms with van der Waals surface area (Å²) >= 11 is 0. The molecule has 0 amide bonds. The van der Waals surface area contributed by atoms with Gasteiger partial charge in [0.1, 0.15) is 5.84 Å². The van der Waals surface area contributed by atoms with Crippen molar-refractivity contribution in [2.45, 2.75) is 6.42 Å². The highest BCUT2D eigenvalue weighted by Gasteiger charge is 2.11. The fourth-order valence-corrected chi connectivity index (χ4v) is 3.10. The Balaban J connectivity index is 0.00000147. The summed E-state index contributed by atoms with van der Waals surface area (Å²) in [6, 6.07) is 7.68. The van der Waals surface area contributed by atoms with Crippen molar-refractivity contribution in [2.75, 3.05) is 19.3 Å². The van der Waals surface area contributed by atoms with E-state index in [1.807, 2.05) is 24.3 Å². The Morgan fingerprint density at radius 1 is 1.35 bits per heavy atom. The second kappa shape index (κ2) is 5.46. The van der Waals surface area contributed by atoms with E-state index in [1.54, 1.807) is 6.20 Å². The van der Waals surface area contributed by atoms with Crippen LogP contribution >= 0.6 is 12.4 Å². The number of nitrogens with zero attached hydrogens (tertiary/aromatic N) is 2. The number of halogens is 1. The lowest BCUT2D eigenvalue weighted by molar-refractivity contribution is 0.595. The highest BCUT2D eigenvalue weighted by molar-refractivity contribution is 7.89. The lowest BCUT2D eigenvalue weighted by Crippen LogP contribution is -2.20. The summed E-state index contributed by atoms with van der Waals surface area (Å²) in [7, 11) is -3.26. The number of hydrogen-bond acceptors (Lipinski definition) is 4. The molecule has 0 atom stereocenters. The van der Waals surface area contributed by atoms with Gasteiger partial charge in [-0.15, -0.1) is 12.4 Å². The van der Waals surface area contributed by atoms with Gasteiger partial charge in [-0.25, -0.2) is 12.4 Å². The van der Waals surface area contributed by atoms with Crippen LogP contribution in [0.15, 0.2) is 35.5 Å². The second-order valence-corrected chi connectivity index (χ2v) is 6.56.